The molecule has 1 aromatic rings. The molecule has 8 heteroatoms. The van der Waals surface area contributed by atoms with Gasteiger partial charge in [0.25, 0.3) is 0 Å². The van der Waals surface area contributed by atoms with Crippen molar-refractivity contribution in [3.05, 3.63) is 17.0 Å². The molecule has 1 aliphatic heterocycles. The Balaban J connectivity index is 1.98. The largest absolute Gasteiger partial charge is 0.361 e. The van der Waals surface area contributed by atoms with Crippen LogP contribution in [0, 0.1) is 13.8 Å². The second-order valence-corrected chi connectivity index (χ2v) is 7.53. The van der Waals surface area contributed by atoms with Crippen LogP contribution in [0.5, 0.6) is 0 Å². The maximum atomic E-state index is 12.3. The summed E-state index contributed by atoms with van der Waals surface area (Å²) in [5.74, 6) is 0.893. The number of rotatable bonds is 4. The Morgan fingerprint density at radius 3 is 2.67 bits per heavy atom. The molecule has 0 aromatic carbocycles. The molecule has 21 heavy (non-hydrogen) atoms. The highest BCUT2D eigenvalue weighted by Crippen LogP contribution is 2.18. The lowest BCUT2D eigenvalue weighted by Gasteiger charge is -2.27. The first-order valence-corrected chi connectivity index (χ1v) is 8.83. The fourth-order valence-corrected chi connectivity index (χ4v) is 4.34. The molecule has 1 atom stereocenters. The predicted octanol–water partition coefficient (Wildman–Crippen LogP) is 1.01. The third-order valence-corrected chi connectivity index (χ3v) is 5.60. The lowest BCUT2D eigenvalue weighted by molar-refractivity contribution is 0.183. The van der Waals surface area contributed by atoms with Gasteiger partial charge in [-0.3, -0.25) is 0 Å². The zero-order valence-corrected chi connectivity index (χ0v) is 13.4. The zero-order chi connectivity index (χ0) is 15.6. The van der Waals surface area contributed by atoms with E-state index in [1.165, 1.54) is 0 Å². The molecular formula is C13H21N3O4S. The first-order valence-electron chi connectivity index (χ1n) is 7.00. The van der Waals surface area contributed by atoms with Crippen molar-refractivity contribution >= 4 is 15.9 Å². The Kier molecular flexibility index (Phi) is 4.55. The van der Waals surface area contributed by atoms with Gasteiger partial charge in [-0.2, -0.15) is 0 Å². The lowest BCUT2D eigenvalue weighted by atomic mass is 10.2. The van der Waals surface area contributed by atoms with Crippen LogP contribution in [0.2, 0.25) is 0 Å². The Hall–Kier alpha value is -1.57. The van der Waals surface area contributed by atoms with Crippen LogP contribution < -0.4 is 5.32 Å². The summed E-state index contributed by atoms with van der Waals surface area (Å²) in [6.07, 6.45) is 0.509. The summed E-state index contributed by atoms with van der Waals surface area (Å²) in [5, 5.41) is 6.65. The third kappa shape index (κ3) is 3.55. The molecule has 0 spiro atoms. The number of aryl methyl sites for hydroxylation is 2. The first-order chi connectivity index (χ1) is 9.84. The molecule has 1 fully saturated rings. The second kappa shape index (κ2) is 6.05. The van der Waals surface area contributed by atoms with E-state index in [9.17, 15) is 13.2 Å². The highest BCUT2D eigenvalue weighted by Gasteiger charge is 2.33. The van der Waals surface area contributed by atoms with E-state index < -0.39 is 9.84 Å². The average Bonchev–Trinajstić information content (AvgIpc) is 2.92. The molecule has 0 bridgehead atoms. The van der Waals surface area contributed by atoms with E-state index in [0.29, 0.717) is 25.3 Å². The molecular weight excluding hydrogens is 294 g/mol. The molecule has 0 radical (unpaired) electrons. The van der Waals surface area contributed by atoms with Gasteiger partial charge in [-0.25, -0.2) is 13.2 Å². The van der Waals surface area contributed by atoms with Crippen molar-refractivity contribution in [3.63, 3.8) is 0 Å². The predicted molar refractivity (Wildman–Crippen MR) is 77.7 cm³/mol. The van der Waals surface area contributed by atoms with Crippen LogP contribution in [-0.2, 0) is 16.4 Å². The number of carbonyl (C=O) groups is 1. The number of hydrogen-bond donors (Lipinski definition) is 1. The summed E-state index contributed by atoms with van der Waals surface area (Å²) in [6.45, 7) is 6.27. The van der Waals surface area contributed by atoms with Gasteiger partial charge in [0, 0.05) is 24.7 Å². The number of sulfone groups is 1. The Morgan fingerprint density at radius 2 is 2.19 bits per heavy atom. The van der Waals surface area contributed by atoms with E-state index in [4.69, 9.17) is 4.52 Å². The molecule has 1 aromatic heterocycles. The van der Waals surface area contributed by atoms with E-state index >= 15 is 0 Å². The zero-order valence-electron chi connectivity index (χ0n) is 12.5. The average molecular weight is 315 g/mol. The molecule has 1 N–H and O–H groups in total. The Morgan fingerprint density at radius 1 is 1.48 bits per heavy atom. The Labute approximate surface area is 124 Å². The Bertz CT molecular complexity index is 604. The van der Waals surface area contributed by atoms with Crippen LogP contribution in [0.15, 0.2) is 4.52 Å². The molecule has 1 aliphatic rings. The van der Waals surface area contributed by atoms with E-state index in [0.717, 1.165) is 11.3 Å². The van der Waals surface area contributed by atoms with Gasteiger partial charge in [0.1, 0.15) is 5.76 Å². The van der Waals surface area contributed by atoms with Crippen LogP contribution in [-0.4, -0.2) is 48.6 Å². The van der Waals surface area contributed by atoms with E-state index in [1.54, 1.807) is 11.8 Å². The van der Waals surface area contributed by atoms with Gasteiger partial charge in [-0.15, -0.1) is 0 Å². The quantitative estimate of drug-likeness (QED) is 0.895. The van der Waals surface area contributed by atoms with Crippen LogP contribution in [0.25, 0.3) is 0 Å². The van der Waals surface area contributed by atoms with Crippen LogP contribution >= 0.6 is 0 Å². The number of nitrogens with zero attached hydrogens (tertiary/aromatic N) is 2. The molecule has 7 nitrogen and oxygen atoms in total. The van der Waals surface area contributed by atoms with Gasteiger partial charge in [-0.1, -0.05) is 5.16 Å². The topological polar surface area (TPSA) is 92.5 Å². The number of aromatic nitrogens is 1. The summed E-state index contributed by atoms with van der Waals surface area (Å²) < 4.78 is 28.1. The molecule has 0 aliphatic carbocycles. The van der Waals surface area contributed by atoms with Gasteiger partial charge in [-0.05, 0) is 27.2 Å². The van der Waals surface area contributed by atoms with E-state index in [1.807, 2.05) is 13.8 Å². The first kappa shape index (κ1) is 15.8. The van der Waals surface area contributed by atoms with Gasteiger partial charge >= 0.3 is 6.03 Å². The van der Waals surface area contributed by atoms with Crippen molar-refractivity contribution in [1.82, 2.24) is 15.4 Å². The van der Waals surface area contributed by atoms with Crippen molar-refractivity contribution in [3.8, 4) is 0 Å². The van der Waals surface area contributed by atoms with Gasteiger partial charge in [0.15, 0.2) is 9.84 Å². The second-order valence-electron chi connectivity index (χ2n) is 5.30. The minimum atomic E-state index is -3.00. The summed E-state index contributed by atoms with van der Waals surface area (Å²) in [5.41, 5.74) is 1.61. The number of nitrogens with one attached hydrogen (secondary N) is 1. The van der Waals surface area contributed by atoms with Crippen LogP contribution in [0.4, 0.5) is 4.79 Å². The number of urea groups is 1. The lowest BCUT2D eigenvalue weighted by Crippen LogP contribution is -2.46. The van der Waals surface area contributed by atoms with E-state index in [-0.39, 0.29) is 23.6 Å². The SMILES string of the molecule is CCN(C(=O)NCc1c(C)noc1C)[C@@H]1CCS(=O)(=O)C1. The summed E-state index contributed by atoms with van der Waals surface area (Å²) in [4.78, 5) is 13.8. The number of hydrogen-bond acceptors (Lipinski definition) is 5. The fraction of sp³-hybridized carbons (Fsp3) is 0.692. The summed E-state index contributed by atoms with van der Waals surface area (Å²) >= 11 is 0. The highest BCUT2D eigenvalue weighted by molar-refractivity contribution is 7.91. The molecule has 2 rings (SSSR count). The number of amides is 2. The fourth-order valence-electron chi connectivity index (χ4n) is 2.61. The highest BCUT2D eigenvalue weighted by atomic mass is 32.2. The van der Waals surface area contributed by atoms with Crippen molar-refractivity contribution in [1.29, 1.82) is 0 Å². The molecule has 2 amide bonds. The van der Waals surface area contributed by atoms with Crippen molar-refractivity contribution in [2.45, 2.75) is 39.8 Å². The normalized spacial score (nSPS) is 20.4. The third-order valence-electron chi connectivity index (χ3n) is 3.85. The van der Waals surface area contributed by atoms with Gasteiger partial charge < -0.3 is 14.7 Å². The summed E-state index contributed by atoms with van der Waals surface area (Å²) in [7, 11) is -3.00. The van der Waals surface area contributed by atoms with Crippen molar-refractivity contribution < 1.29 is 17.7 Å². The number of carbonyl (C=O) groups excluding carboxylic acids is 1. The standard InChI is InChI=1S/C13H21N3O4S/c1-4-16(11-5-6-21(18,19)8-11)13(17)14-7-12-9(2)15-20-10(12)3/h11H,4-8H2,1-3H3,(H,14,17)/t11-/m1/s1. The van der Waals surface area contributed by atoms with Crippen LogP contribution in [0.1, 0.15) is 30.4 Å². The monoisotopic (exact) mass is 315 g/mol. The van der Waals surface area contributed by atoms with Gasteiger partial charge in [0.2, 0.25) is 0 Å². The molecule has 0 unspecified atom stereocenters. The molecule has 2 heterocycles. The molecule has 118 valence electrons. The van der Waals surface area contributed by atoms with E-state index in [2.05, 4.69) is 10.5 Å². The molecule has 1 saturated heterocycles. The van der Waals surface area contributed by atoms with Crippen molar-refractivity contribution in [2.75, 3.05) is 18.1 Å². The molecule has 0 saturated carbocycles. The van der Waals surface area contributed by atoms with Crippen molar-refractivity contribution in [2.24, 2.45) is 0 Å². The minimum absolute atomic E-state index is 0.0551. The van der Waals surface area contributed by atoms with Gasteiger partial charge in [0.05, 0.1) is 17.2 Å². The van der Waals surface area contributed by atoms with Crippen LogP contribution in [0.3, 0.4) is 0 Å². The maximum Gasteiger partial charge on any atom is 0.317 e. The maximum absolute atomic E-state index is 12.3. The minimum Gasteiger partial charge on any atom is -0.361 e. The smallest absolute Gasteiger partial charge is 0.317 e. The summed E-state index contributed by atoms with van der Waals surface area (Å²) in [6, 6.07) is -0.482.